The van der Waals surface area contributed by atoms with Gasteiger partial charge in [0.1, 0.15) is 5.60 Å². The van der Waals surface area contributed by atoms with Gasteiger partial charge >= 0.3 is 18.2 Å². The summed E-state index contributed by atoms with van der Waals surface area (Å²) in [5, 5.41) is 5.69. The van der Waals surface area contributed by atoms with Gasteiger partial charge in [0.2, 0.25) is 0 Å². The quantitative estimate of drug-likeness (QED) is 0.761. The van der Waals surface area contributed by atoms with Gasteiger partial charge in [0.05, 0.1) is 6.54 Å². The summed E-state index contributed by atoms with van der Waals surface area (Å²) in [5.41, 5.74) is -1.32. The standard InChI is InChI=1S/C13H20F3N3O3/c1-2-5-18-11(21)19-8-12(22-10(20)13(14,15)16)4-3-9(19)6-17-7-12/h9,17H,2-8H2,1H3,(H,18,21). The molecule has 0 spiro atoms. The molecular weight excluding hydrogens is 303 g/mol. The molecule has 126 valence electrons. The minimum atomic E-state index is -5.03. The highest BCUT2D eigenvalue weighted by molar-refractivity contribution is 5.77. The van der Waals surface area contributed by atoms with Crippen molar-refractivity contribution in [2.24, 2.45) is 0 Å². The molecule has 2 atom stereocenters. The fraction of sp³-hybridized carbons (Fsp3) is 0.846. The monoisotopic (exact) mass is 323 g/mol. The van der Waals surface area contributed by atoms with Gasteiger partial charge in [-0.2, -0.15) is 13.2 Å². The third-order valence-corrected chi connectivity index (χ3v) is 3.99. The summed E-state index contributed by atoms with van der Waals surface area (Å²) >= 11 is 0. The lowest BCUT2D eigenvalue weighted by molar-refractivity contribution is -0.216. The number of ether oxygens (including phenoxy) is 1. The Morgan fingerprint density at radius 2 is 2.18 bits per heavy atom. The Morgan fingerprint density at radius 1 is 1.45 bits per heavy atom. The molecule has 0 aliphatic carbocycles. The molecule has 0 aromatic heterocycles. The van der Waals surface area contributed by atoms with Crippen LogP contribution in [0.5, 0.6) is 0 Å². The Hall–Kier alpha value is -1.51. The number of alkyl halides is 3. The van der Waals surface area contributed by atoms with Crippen molar-refractivity contribution >= 4 is 12.0 Å². The molecule has 0 aromatic carbocycles. The number of hydrogen-bond donors (Lipinski definition) is 2. The van der Waals surface area contributed by atoms with E-state index in [1.165, 1.54) is 4.90 Å². The SMILES string of the molecule is CCCNC(=O)N1CC2(OC(=O)C(F)(F)F)CCC1CNC2. The minimum absolute atomic E-state index is 0.0258. The number of carbonyl (C=O) groups excluding carboxylic acids is 2. The van der Waals surface area contributed by atoms with Crippen molar-refractivity contribution < 1.29 is 27.5 Å². The normalized spacial score (nSPS) is 28.2. The summed E-state index contributed by atoms with van der Waals surface area (Å²) < 4.78 is 42.1. The van der Waals surface area contributed by atoms with Crippen molar-refractivity contribution in [3.8, 4) is 0 Å². The van der Waals surface area contributed by atoms with Crippen LogP contribution in [0.15, 0.2) is 0 Å². The zero-order valence-corrected chi connectivity index (χ0v) is 12.3. The number of esters is 1. The third kappa shape index (κ3) is 3.63. The van der Waals surface area contributed by atoms with Crippen LogP contribution in [0.2, 0.25) is 0 Å². The molecule has 0 radical (unpaired) electrons. The molecule has 0 saturated carbocycles. The van der Waals surface area contributed by atoms with Crippen LogP contribution in [-0.2, 0) is 9.53 Å². The maximum atomic E-state index is 12.5. The van der Waals surface area contributed by atoms with Gasteiger partial charge < -0.3 is 20.3 Å². The van der Waals surface area contributed by atoms with Crippen LogP contribution in [0.3, 0.4) is 0 Å². The molecule has 9 heteroatoms. The minimum Gasteiger partial charge on any atom is -0.449 e. The van der Waals surface area contributed by atoms with Crippen LogP contribution in [0.1, 0.15) is 26.2 Å². The van der Waals surface area contributed by atoms with Crippen molar-refractivity contribution in [3.05, 3.63) is 0 Å². The van der Waals surface area contributed by atoms with Crippen molar-refractivity contribution in [1.29, 1.82) is 0 Å². The second-order valence-electron chi connectivity index (χ2n) is 5.75. The van der Waals surface area contributed by atoms with Crippen LogP contribution < -0.4 is 10.6 Å². The Balaban J connectivity index is 2.11. The smallest absolute Gasteiger partial charge is 0.449 e. The predicted octanol–water partition coefficient (Wildman–Crippen LogP) is 1.02. The van der Waals surface area contributed by atoms with Crippen LogP contribution in [-0.4, -0.2) is 60.9 Å². The van der Waals surface area contributed by atoms with Crippen LogP contribution in [0, 0.1) is 0 Å². The average molecular weight is 323 g/mol. The van der Waals surface area contributed by atoms with E-state index in [4.69, 9.17) is 4.74 Å². The first-order chi connectivity index (χ1) is 10.3. The number of piperidine rings is 1. The molecule has 22 heavy (non-hydrogen) atoms. The zero-order valence-electron chi connectivity index (χ0n) is 12.3. The number of rotatable bonds is 3. The number of amides is 2. The molecule has 3 aliphatic rings. The Kier molecular flexibility index (Phi) is 4.84. The zero-order chi connectivity index (χ0) is 16.4. The largest absolute Gasteiger partial charge is 0.490 e. The van der Waals surface area contributed by atoms with E-state index in [2.05, 4.69) is 10.6 Å². The number of nitrogens with one attached hydrogen (secondary N) is 2. The first-order valence-electron chi connectivity index (χ1n) is 7.33. The van der Waals surface area contributed by atoms with E-state index in [0.29, 0.717) is 25.9 Å². The van der Waals surface area contributed by atoms with Gasteiger partial charge in [0, 0.05) is 25.7 Å². The highest BCUT2D eigenvalue weighted by Gasteiger charge is 2.51. The lowest BCUT2D eigenvalue weighted by Gasteiger charge is -2.42. The van der Waals surface area contributed by atoms with Crippen molar-refractivity contribution in [1.82, 2.24) is 15.5 Å². The number of nitrogens with zero attached hydrogens (tertiary/aromatic N) is 1. The van der Waals surface area contributed by atoms with E-state index in [1.807, 2.05) is 6.92 Å². The topological polar surface area (TPSA) is 70.7 Å². The van der Waals surface area contributed by atoms with Gasteiger partial charge in [-0.05, 0) is 19.3 Å². The van der Waals surface area contributed by atoms with E-state index in [0.717, 1.165) is 6.42 Å². The molecule has 3 rings (SSSR count). The van der Waals surface area contributed by atoms with Crippen LogP contribution >= 0.6 is 0 Å². The number of halogens is 3. The molecule has 3 saturated heterocycles. The van der Waals surface area contributed by atoms with E-state index >= 15 is 0 Å². The fourth-order valence-corrected chi connectivity index (χ4v) is 2.87. The summed E-state index contributed by atoms with van der Waals surface area (Å²) in [4.78, 5) is 24.8. The lowest BCUT2D eigenvalue weighted by Crippen LogP contribution is -2.59. The summed E-state index contributed by atoms with van der Waals surface area (Å²) in [7, 11) is 0. The maximum absolute atomic E-state index is 12.5. The molecule has 2 N–H and O–H groups in total. The Labute approximate surface area is 126 Å². The summed E-state index contributed by atoms with van der Waals surface area (Å²) in [6.45, 7) is 2.96. The van der Waals surface area contributed by atoms with E-state index in [9.17, 15) is 22.8 Å². The van der Waals surface area contributed by atoms with Gasteiger partial charge in [-0.1, -0.05) is 6.92 Å². The Bertz CT molecular complexity index is 440. The van der Waals surface area contributed by atoms with Crippen molar-refractivity contribution in [2.75, 3.05) is 26.2 Å². The summed E-state index contributed by atoms with van der Waals surface area (Å²) in [6.07, 6.45) is -3.47. The molecule has 0 aromatic rings. The third-order valence-electron chi connectivity index (χ3n) is 3.99. The highest BCUT2D eigenvalue weighted by atomic mass is 19.4. The molecule has 2 bridgehead atoms. The maximum Gasteiger partial charge on any atom is 0.490 e. The van der Waals surface area contributed by atoms with Gasteiger partial charge in [-0.3, -0.25) is 0 Å². The lowest BCUT2D eigenvalue weighted by atomic mass is 9.90. The summed E-state index contributed by atoms with van der Waals surface area (Å²) in [6, 6.07) is -0.431. The second kappa shape index (κ2) is 6.31. The first-order valence-corrected chi connectivity index (χ1v) is 7.33. The molecule has 3 fully saturated rings. The van der Waals surface area contributed by atoms with Gasteiger partial charge in [-0.15, -0.1) is 0 Å². The van der Waals surface area contributed by atoms with Gasteiger partial charge in [-0.25, -0.2) is 9.59 Å². The van der Waals surface area contributed by atoms with E-state index < -0.39 is 17.7 Å². The Morgan fingerprint density at radius 3 is 2.82 bits per heavy atom. The van der Waals surface area contributed by atoms with Crippen molar-refractivity contribution in [3.63, 3.8) is 0 Å². The molecule has 2 amide bonds. The van der Waals surface area contributed by atoms with E-state index in [-0.39, 0.29) is 25.2 Å². The van der Waals surface area contributed by atoms with Crippen LogP contribution in [0.25, 0.3) is 0 Å². The number of urea groups is 1. The molecule has 3 heterocycles. The first kappa shape index (κ1) is 16.9. The number of hydrogen-bond acceptors (Lipinski definition) is 4. The van der Waals surface area contributed by atoms with E-state index in [1.54, 1.807) is 0 Å². The number of carbonyl (C=O) groups is 2. The fourth-order valence-electron chi connectivity index (χ4n) is 2.87. The average Bonchev–Trinajstić information content (AvgIpc) is 2.75. The molecule has 2 unspecified atom stereocenters. The van der Waals surface area contributed by atoms with Gasteiger partial charge in [0.15, 0.2) is 0 Å². The van der Waals surface area contributed by atoms with Gasteiger partial charge in [0.25, 0.3) is 0 Å². The molecule has 6 nitrogen and oxygen atoms in total. The van der Waals surface area contributed by atoms with Crippen molar-refractivity contribution in [2.45, 2.75) is 44.0 Å². The highest BCUT2D eigenvalue weighted by Crippen LogP contribution is 2.33. The predicted molar refractivity (Wildman–Crippen MR) is 71.2 cm³/mol. The molecular formula is C13H20F3N3O3. The second-order valence-corrected chi connectivity index (χ2v) is 5.75. The summed E-state index contributed by atoms with van der Waals surface area (Å²) in [5.74, 6) is -2.21. The van der Waals surface area contributed by atoms with Crippen LogP contribution in [0.4, 0.5) is 18.0 Å². The number of fused-ring (bicyclic) bond motifs is 4. The molecule has 3 aliphatic heterocycles.